The first-order valence-corrected chi connectivity index (χ1v) is 29.5. The molecule has 0 aromatic rings. The fourth-order valence-electron chi connectivity index (χ4n) is 8.57. The number of hydrogen-bond donors (Lipinski definition) is 3. The van der Waals surface area contributed by atoms with E-state index in [1.165, 1.54) is 218 Å². The number of allylic oxidation sites excluding steroid dienone is 2. The van der Waals surface area contributed by atoms with Crippen molar-refractivity contribution in [3.05, 3.63) is 12.2 Å². The number of unbranched alkanes of at least 4 members (excludes halogenated alkanes) is 37. The van der Waals surface area contributed by atoms with Gasteiger partial charge in [0, 0.05) is 6.42 Å². The van der Waals surface area contributed by atoms with E-state index in [9.17, 15) is 19.4 Å². The van der Waals surface area contributed by atoms with Gasteiger partial charge < -0.3 is 19.8 Å². The largest absolute Gasteiger partial charge is 0.472 e. The number of aliphatic hydroxyl groups excluding tert-OH is 1. The van der Waals surface area contributed by atoms with Crippen LogP contribution in [0.4, 0.5) is 0 Å². The van der Waals surface area contributed by atoms with Crippen molar-refractivity contribution in [3.8, 4) is 0 Å². The van der Waals surface area contributed by atoms with E-state index in [1.54, 1.807) is 0 Å². The average Bonchev–Trinajstić information content (AvgIpc) is 3.25. The van der Waals surface area contributed by atoms with Crippen LogP contribution >= 0.6 is 7.82 Å². The van der Waals surface area contributed by atoms with Crippen LogP contribution in [0.1, 0.15) is 284 Å². The molecule has 0 saturated heterocycles. The summed E-state index contributed by atoms with van der Waals surface area (Å²) in [5, 5.41) is 13.9. The van der Waals surface area contributed by atoms with Gasteiger partial charge >= 0.3 is 7.82 Å². The second kappa shape index (κ2) is 47.3. The van der Waals surface area contributed by atoms with Gasteiger partial charge in [0.05, 0.1) is 39.9 Å². The highest BCUT2D eigenvalue weighted by molar-refractivity contribution is 7.47. The molecule has 9 heteroatoms. The van der Waals surface area contributed by atoms with Crippen LogP contribution in [-0.4, -0.2) is 73.4 Å². The van der Waals surface area contributed by atoms with E-state index in [0.717, 1.165) is 38.5 Å². The van der Waals surface area contributed by atoms with Crippen molar-refractivity contribution in [2.24, 2.45) is 0 Å². The fraction of sp³-hybridized carbons (Fsp3) is 0.945. The highest BCUT2D eigenvalue weighted by Crippen LogP contribution is 2.43. The first kappa shape index (κ1) is 63.2. The Bertz CT molecular complexity index is 1050. The second-order valence-corrected chi connectivity index (χ2v) is 22.1. The molecule has 0 aliphatic heterocycles. The number of nitrogens with zero attached hydrogens (tertiary/aromatic N) is 1. The van der Waals surface area contributed by atoms with Gasteiger partial charge in [-0.25, -0.2) is 4.57 Å². The van der Waals surface area contributed by atoms with Crippen molar-refractivity contribution in [1.82, 2.24) is 5.32 Å². The number of nitrogens with one attached hydrogen (secondary N) is 1. The molecule has 0 rings (SSSR count). The molecule has 3 N–H and O–H groups in total. The molecule has 64 heavy (non-hydrogen) atoms. The van der Waals surface area contributed by atoms with Crippen molar-refractivity contribution in [1.29, 1.82) is 0 Å². The highest BCUT2D eigenvalue weighted by Gasteiger charge is 2.28. The summed E-state index contributed by atoms with van der Waals surface area (Å²) >= 11 is 0. The van der Waals surface area contributed by atoms with Gasteiger partial charge in [-0.15, -0.1) is 0 Å². The maximum Gasteiger partial charge on any atom is 0.472 e. The summed E-state index contributed by atoms with van der Waals surface area (Å²) in [6, 6.07) is -0.754. The summed E-state index contributed by atoms with van der Waals surface area (Å²) in [5.41, 5.74) is 0. The molecule has 1 amide bonds. The van der Waals surface area contributed by atoms with E-state index in [4.69, 9.17) is 9.05 Å². The fourth-order valence-corrected chi connectivity index (χ4v) is 9.31. The number of rotatable bonds is 52. The number of quaternary nitrogens is 1. The van der Waals surface area contributed by atoms with Crippen LogP contribution in [0.15, 0.2) is 12.2 Å². The molecule has 382 valence electrons. The van der Waals surface area contributed by atoms with Crippen LogP contribution in [0, 0.1) is 0 Å². The van der Waals surface area contributed by atoms with Crippen LogP contribution in [0.3, 0.4) is 0 Å². The predicted octanol–water partition coefficient (Wildman–Crippen LogP) is 16.7. The molecule has 0 fully saturated rings. The van der Waals surface area contributed by atoms with Gasteiger partial charge in [-0.05, 0) is 38.5 Å². The Hall–Kier alpha value is -0.760. The smallest absolute Gasteiger partial charge is 0.391 e. The Morgan fingerprint density at radius 1 is 0.516 bits per heavy atom. The van der Waals surface area contributed by atoms with Crippen molar-refractivity contribution in [2.75, 3.05) is 40.9 Å². The lowest BCUT2D eigenvalue weighted by Crippen LogP contribution is -2.46. The lowest BCUT2D eigenvalue weighted by molar-refractivity contribution is -0.870. The van der Waals surface area contributed by atoms with Crippen molar-refractivity contribution in [3.63, 3.8) is 0 Å². The van der Waals surface area contributed by atoms with Gasteiger partial charge in [0.15, 0.2) is 0 Å². The molecule has 3 atom stereocenters. The van der Waals surface area contributed by atoms with Crippen molar-refractivity contribution < 1.29 is 32.9 Å². The topological polar surface area (TPSA) is 105 Å². The van der Waals surface area contributed by atoms with E-state index in [2.05, 4.69) is 31.3 Å². The van der Waals surface area contributed by atoms with E-state index >= 15 is 0 Å². The number of carbonyl (C=O) groups is 1. The normalized spacial score (nSPS) is 14.0. The SMILES string of the molecule is CCCCCCCCCCCCCC/C=C\CCCCCCCCCCCCCCCCCCCC(=O)NC(COP(=O)(O)OCC[N+](C)(C)C)C(O)CCCCCCCCCCC. The van der Waals surface area contributed by atoms with Crippen LogP contribution in [-0.2, 0) is 18.4 Å². The van der Waals surface area contributed by atoms with Gasteiger partial charge in [-0.1, -0.05) is 251 Å². The number of carbonyl (C=O) groups excluding carboxylic acids is 1. The lowest BCUT2D eigenvalue weighted by atomic mass is 10.0. The molecular weight excluding hydrogens is 816 g/mol. The zero-order valence-electron chi connectivity index (χ0n) is 43.6. The van der Waals surface area contributed by atoms with Crippen LogP contribution in [0.5, 0.6) is 0 Å². The monoisotopic (exact) mass is 928 g/mol. The number of aliphatic hydroxyl groups is 1. The molecule has 0 heterocycles. The Morgan fingerprint density at radius 3 is 1.20 bits per heavy atom. The first-order chi connectivity index (χ1) is 31.0. The van der Waals surface area contributed by atoms with Gasteiger partial charge in [-0.3, -0.25) is 13.8 Å². The maximum atomic E-state index is 12.9. The van der Waals surface area contributed by atoms with Gasteiger partial charge in [-0.2, -0.15) is 0 Å². The molecule has 0 aromatic heterocycles. The molecule has 0 aliphatic carbocycles. The quantitative estimate of drug-likeness (QED) is 0.0243. The Labute approximate surface area is 399 Å². The minimum Gasteiger partial charge on any atom is -0.391 e. The summed E-state index contributed by atoms with van der Waals surface area (Å²) in [7, 11) is 1.63. The summed E-state index contributed by atoms with van der Waals surface area (Å²) < 4.78 is 23.6. The molecule has 0 bridgehead atoms. The molecule has 0 radical (unpaired) electrons. The minimum absolute atomic E-state index is 0.0772. The Morgan fingerprint density at radius 2 is 0.844 bits per heavy atom. The van der Waals surface area contributed by atoms with Crippen LogP contribution in [0.2, 0.25) is 0 Å². The zero-order chi connectivity index (χ0) is 47.1. The van der Waals surface area contributed by atoms with E-state index in [-0.39, 0.29) is 19.1 Å². The molecule has 0 aromatic carbocycles. The highest BCUT2D eigenvalue weighted by atomic mass is 31.2. The third-order valence-corrected chi connectivity index (χ3v) is 14.0. The minimum atomic E-state index is -4.31. The molecular formula is C55H112N2O6P+. The van der Waals surface area contributed by atoms with E-state index in [1.807, 2.05) is 21.1 Å². The lowest BCUT2D eigenvalue weighted by Gasteiger charge is -2.26. The summed E-state index contributed by atoms with van der Waals surface area (Å²) in [4.78, 5) is 23.2. The first-order valence-electron chi connectivity index (χ1n) is 28.1. The van der Waals surface area contributed by atoms with Gasteiger partial charge in [0.1, 0.15) is 13.2 Å². The molecule has 0 spiro atoms. The third-order valence-electron chi connectivity index (χ3n) is 13.0. The second-order valence-electron chi connectivity index (χ2n) is 20.7. The van der Waals surface area contributed by atoms with Crippen LogP contribution in [0.25, 0.3) is 0 Å². The maximum absolute atomic E-state index is 12.9. The summed E-state index contributed by atoms with van der Waals surface area (Å²) in [6.45, 7) is 4.89. The van der Waals surface area contributed by atoms with Gasteiger partial charge in [0.25, 0.3) is 0 Å². The van der Waals surface area contributed by atoms with E-state index in [0.29, 0.717) is 23.9 Å². The standard InChI is InChI=1S/C55H111N2O6P/c1-6-8-10-12-14-16-17-18-19-20-21-22-23-24-25-26-27-28-29-30-31-32-33-34-35-36-37-38-39-41-43-45-47-49-55(59)56-53(52-63-64(60,61)62-51-50-57(3,4)5)54(58)48-46-44-42-40-15-13-11-9-7-2/h24-25,53-54,58H,6-23,26-52H2,1-5H3,(H-,56,59,60,61)/p+1/b25-24-. The Balaban J connectivity index is 3.87. The number of likely N-dealkylation sites (N-methyl/N-ethyl adjacent to an activating group) is 1. The van der Waals surface area contributed by atoms with Crippen molar-refractivity contribution in [2.45, 2.75) is 296 Å². The average molecular weight is 928 g/mol. The number of hydrogen-bond acceptors (Lipinski definition) is 5. The Kier molecular flexibility index (Phi) is 46.8. The van der Waals surface area contributed by atoms with E-state index < -0.39 is 20.0 Å². The zero-order valence-corrected chi connectivity index (χ0v) is 44.4. The molecule has 0 aliphatic rings. The molecule has 3 unspecified atom stereocenters. The number of amides is 1. The molecule has 8 nitrogen and oxygen atoms in total. The molecule has 0 saturated carbocycles. The third kappa shape index (κ3) is 49.2. The van der Waals surface area contributed by atoms with Crippen molar-refractivity contribution >= 4 is 13.7 Å². The summed E-state index contributed by atoms with van der Waals surface area (Å²) in [6.07, 6.45) is 57.3. The summed E-state index contributed by atoms with van der Waals surface area (Å²) in [5.74, 6) is -0.142. The predicted molar refractivity (Wildman–Crippen MR) is 277 cm³/mol. The van der Waals surface area contributed by atoms with Crippen LogP contribution < -0.4 is 5.32 Å². The van der Waals surface area contributed by atoms with Gasteiger partial charge in [0.2, 0.25) is 5.91 Å². The number of phosphoric ester groups is 1. The number of phosphoric acid groups is 1.